The van der Waals surface area contributed by atoms with E-state index >= 15 is 0 Å². The Bertz CT molecular complexity index is 1300. The van der Waals surface area contributed by atoms with Crippen molar-refractivity contribution in [1.82, 2.24) is 9.78 Å². The number of aromatic nitrogens is 2. The second-order valence-electron chi connectivity index (χ2n) is 7.28. The predicted octanol–water partition coefficient (Wildman–Crippen LogP) is 4.87. The summed E-state index contributed by atoms with van der Waals surface area (Å²) in [7, 11) is 1.70. The second kappa shape index (κ2) is 9.27. The first kappa shape index (κ1) is 20.3. The molecule has 4 heteroatoms. The molecule has 0 amide bonds. The summed E-state index contributed by atoms with van der Waals surface area (Å²) < 4.78 is 10.00. The van der Waals surface area contributed by atoms with Crippen molar-refractivity contribution in [1.29, 1.82) is 0 Å². The van der Waals surface area contributed by atoms with Gasteiger partial charge in [0.05, 0.1) is 0 Å². The van der Waals surface area contributed by atoms with Crippen LogP contribution in [0.25, 0.3) is 28.2 Å². The van der Waals surface area contributed by atoms with Crippen LogP contribution in [-0.4, -0.2) is 31.8 Å². The standard InChI is InChI=1S/C28H22N2OSe/c1-31-24-17-19-25(20-18-24)32-28-26(21-11-5-2-6-12-21)29-30(23-15-9-4-10-16-23)27(28)22-13-7-3-8-14-22/h2-20H,1H3. The van der Waals surface area contributed by atoms with Crippen molar-refractivity contribution in [2.24, 2.45) is 0 Å². The first-order chi connectivity index (χ1) is 15.8. The minimum absolute atomic E-state index is 0.0512. The molecule has 3 nitrogen and oxygen atoms in total. The number of nitrogens with zero attached hydrogens (tertiary/aromatic N) is 2. The van der Waals surface area contributed by atoms with Crippen LogP contribution in [0.4, 0.5) is 0 Å². The summed E-state index contributed by atoms with van der Waals surface area (Å²) in [6, 6.07) is 39.8. The number of methoxy groups -OCH3 is 1. The fraction of sp³-hybridized carbons (Fsp3) is 0.0357. The van der Waals surface area contributed by atoms with Crippen molar-refractivity contribution < 1.29 is 4.74 Å². The van der Waals surface area contributed by atoms with Gasteiger partial charge in [0.2, 0.25) is 0 Å². The van der Waals surface area contributed by atoms with Gasteiger partial charge in [-0.05, 0) is 0 Å². The Labute approximate surface area is 194 Å². The van der Waals surface area contributed by atoms with Crippen molar-refractivity contribution in [2.45, 2.75) is 0 Å². The van der Waals surface area contributed by atoms with Gasteiger partial charge in [-0.1, -0.05) is 0 Å². The van der Waals surface area contributed by atoms with Gasteiger partial charge in [-0.2, -0.15) is 0 Å². The SMILES string of the molecule is COc1ccc([Se]c2c(-c3ccccc3)nn(-c3ccccc3)c2-c2ccccc2)cc1. The molecule has 0 spiro atoms. The molecule has 4 aromatic carbocycles. The summed E-state index contributed by atoms with van der Waals surface area (Å²) in [4.78, 5) is 0. The van der Waals surface area contributed by atoms with Crippen molar-refractivity contribution in [3.63, 3.8) is 0 Å². The molecule has 0 N–H and O–H groups in total. The topological polar surface area (TPSA) is 27.1 Å². The fourth-order valence-electron chi connectivity index (χ4n) is 3.65. The summed E-state index contributed by atoms with van der Waals surface area (Å²) in [6.45, 7) is 0. The zero-order valence-corrected chi connectivity index (χ0v) is 19.4. The van der Waals surface area contributed by atoms with E-state index in [1.165, 1.54) is 8.92 Å². The molecular weight excluding hydrogens is 459 g/mol. The average Bonchev–Trinajstić information content (AvgIpc) is 3.25. The third kappa shape index (κ3) is 4.11. The first-order valence-corrected chi connectivity index (χ1v) is 12.2. The Morgan fingerprint density at radius 3 is 1.81 bits per heavy atom. The van der Waals surface area contributed by atoms with E-state index in [4.69, 9.17) is 9.84 Å². The molecule has 0 aliphatic heterocycles. The molecule has 5 rings (SSSR count). The molecule has 1 heterocycles. The quantitative estimate of drug-likeness (QED) is 0.324. The monoisotopic (exact) mass is 482 g/mol. The van der Waals surface area contributed by atoms with Crippen molar-refractivity contribution in [2.75, 3.05) is 7.11 Å². The van der Waals surface area contributed by atoms with Crippen molar-refractivity contribution >= 4 is 23.9 Å². The zero-order valence-electron chi connectivity index (χ0n) is 17.7. The van der Waals surface area contributed by atoms with Crippen LogP contribution in [0, 0.1) is 0 Å². The summed E-state index contributed by atoms with van der Waals surface area (Å²) in [6.07, 6.45) is 0. The molecule has 0 saturated heterocycles. The van der Waals surface area contributed by atoms with E-state index in [-0.39, 0.29) is 15.0 Å². The molecule has 32 heavy (non-hydrogen) atoms. The average molecular weight is 481 g/mol. The van der Waals surface area contributed by atoms with E-state index in [0.29, 0.717) is 0 Å². The summed E-state index contributed by atoms with van der Waals surface area (Å²) in [5, 5.41) is 5.16. The molecular formula is C28H22N2OSe. The zero-order chi connectivity index (χ0) is 21.8. The van der Waals surface area contributed by atoms with Gasteiger partial charge in [0, 0.05) is 0 Å². The van der Waals surface area contributed by atoms with E-state index in [1.807, 2.05) is 24.3 Å². The number of ether oxygens (including phenoxy) is 1. The third-order valence-electron chi connectivity index (χ3n) is 5.22. The summed E-state index contributed by atoms with van der Waals surface area (Å²) in [5.74, 6) is 0.871. The van der Waals surface area contributed by atoms with Crippen LogP contribution in [-0.2, 0) is 0 Å². The van der Waals surface area contributed by atoms with Gasteiger partial charge in [-0.15, -0.1) is 0 Å². The van der Waals surface area contributed by atoms with Crippen LogP contribution in [0.5, 0.6) is 5.75 Å². The van der Waals surface area contributed by atoms with Gasteiger partial charge in [0.15, 0.2) is 0 Å². The van der Waals surface area contributed by atoms with Gasteiger partial charge in [-0.25, -0.2) is 0 Å². The van der Waals surface area contributed by atoms with Crippen LogP contribution in [0.1, 0.15) is 0 Å². The fourth-order valence-corrected chi connectivity index (χ4v) is 5.89. The van der Waals surface area contributed by atoms with E-state index in [9.17, 15) is 0 Å². The molecule has 5 aromatic rings. The van der Waals surface area contributed by atoms with Gasteiger partial charge in [-0.3, -0.25) is 0 Å². The Kier molecular flexibility index (Phi) is 5.89. The molecule has 1 aromatic heterocycles. The van der Waals surface area contributed by atoms with E-state index in [0.717, 1.165) is 34.0 Å². The van der Waals surface area contributed by atoms with E-state index in [1.54, 1.807) is 7.11 Å². The summed E-state index contributed by atoms with van der Waals surface area (Å²) >= 11 is 0.0512. The number of para-hydroxylation sites is 1. The van der Waals surface area contributed by atoms with Crippen LogP contribution in [0.3, 0.4) is 0 Å². The molecule has 0 fully saturated rings. The summed E-state index contributed by atoms with van der Waals surface area (Å²) in [5.41, 5.74) is 5.53. The van der Waals surface area contributed by atoms with Crippen LogP contribution in [0.15, 0.2) is 115 Å². The number of hydrogen-bond donors (Lipinski definition) is 0. The maximum atomic E-state index is 5.36. The van der Waals surface area contributed by atoms with Gasteiger partial charge in [0.25, 0.3) is 0 Å². The number of benzene rings is 4. The molecule has 0 radical (unpaired) electrons. The minimum atomic E-state index is 0.0512. The first-order valence-electron chi connectivity index (χ1n) is 10.4. The van der Waals surface area contributed by atoms with Crippen LogP contribution in [0.2, 0.25) is 0 Å². The normalized spacial score (nSPS) is 10.8. The number of rotatable bonds is 6. The van der Waals surface area contributed by atoms with Crippen molar-refractivity contribution in [3.05, 3.63) is 115 Å². The molecule has 156 valence electrons. The molecule has 0 saturated carbocycles. The molecule has 0 atom stereocenters. The van der Waals surface area contributed by atoms with Gasteiger partial charge in [0.1, 0.15) is 0 Å². The van der Waals surface area contributed by atoms with Gasteiger partial charge >= 0.3 is 195 Å². The van der Waals surface area contributed by atoms with Crippen LogP contribution >= 0.6 is 0 Å². The number of hydrogen-bond acceptors (Lipinski definition) is 2. The van der Waals surface area contributed by atoms with E-state index in [2.05, 4.69) is 95.7 Å². The molecule has 0 aliphatic rings. The molecule has 0 bridgehead atoms. The Morgan fingerprint density at radius 1 is 0.656 bits per heavy atom. The predicted molar refractivity (Wildman–Crippen MR) is 132 cm³/mol. The van der Waals surface area contributed by atoms with Crippen LogP contribution < -0.4 is 13.7 Å². The molecule has 0 aliphatic carbocycles. The Hall–Kier alpha value is -3.59. The van der Waals surface area contributed by atoms with Crippen molar-refractivity contribution in [3.8, 4) is 34.0 Å². The Balaban J connectivity index is 1.75. The van der Waals surface area contributed by atoms with E-state index < -0.39 is 0 Å². The molecule has 0 unspecified atom stereocenters. The third-order valence-corrected chi connectivity index (χ3v) is 7.52. The van der Waals surface area contributed by atoms with Gasteiger partial charge < -0.3 is 0 Å². The second-order valence-corrected chi connectivity index (χ2v) is 9.56. The Morgan fingerprint density at radius 2 is 1.22 bits per heavy atom. The maximum absolute atomic E-state index is 5.36.